The number of ether oxygens (including phenoxy) is 1. The van der Waals surface area contributed by atoms with Crippen LogP contribution in [0.3, 0.4) is 0 Å². The molecule has 26 heavy (non-hydrogen) atoms. The van der Waals surface area contributed by atoms with E-state index in [4.69, 9.17) is 27.9 Å². The lowest BCUT2D eigenvalue weighted by Gasteiger charge is -2.18. The average Bonchev–Trinajstić information content (AvgIpc) is 2.58. The zero-order valence-corrected chi connectivity index (χ0v) is 19.4. The summed E-state index contributed by atoms with van der Waals surface area (Å²) >= 11 is 11.9. The van der Waals surface area contributed by atoms with Crippen LogP contribution in [0.25, 0.3) is 0 Å². The molecule has 1 aromatic heterocycles. The first-order valence-electron chi connectivity index (χ1n) is 8.23. The Morgan fingerprint density at radius 2 is 1.96 bits per heavy atom. The third-order valence-corrected chi connectivity index (χ3v) is 3.91. The first kappa shape index (κ1) is 25.4. The quantitative estimate of drug-likeness (QED) is 0.181. The Bertz CT molecular complexity index is 535. The molecule has 1 heterocycles. The maximum Gasteiger partial charge on any atom is 0.191 e. The van der Waals surface area contributed by atoms with Gasteiger partial charge in [0.15, 0.2) is 5.96 Å². The van der Waals surface area contributed by atoms with Gasteiger partial charge in [-0.05, 0) is 19.5 Å². The van der Waals surface area contributed by atoms with E-state index in [1.807, 2.05) is 0 Å². The summed E-state index contributed by atoms with van der Waals surface area (Å²) in [6, 6.07) is 1.66. The van der Waals surface area contributed by atoms with Crippen molar-refractivity contribution in [1.29, 1.82) is 0 Å². The first-order valence-corrected chi connectivity index (χ1v) is 8.99. The number of nitrogens with zero attached hydrogens (tertiary/aromatic N) is 3. The third-order valence-electron chi connectivity index (χ3n) is 3.42. The Hall–Kier alpha value is -0.550. The number of halogens is 3. The SMILES string of the molecule is CN=C(NCCNc1ncc(Cl)cc1Cl)NCCN(C)CCCOC.I. The number of aliphatic imine (C=N–C) groups is 1. The predicted molar refractivity (Wildman–Crippen MR) is 122 cm³/mol. The summed E-state index contributed by atoms with van der Waals surface area (Å²) in [6.07, 6.45) is 2.60. The van der Waals surface area contributed by atoms with E-state index < -0.39 is 0 Å². The summed E-state index contributed by atoms with van der Waals surface area (Å²) in [7, 11) is 5.58. The second kappa shape index (κ2) is 15.5. The molecule has 3 N–H and O–H groups in total. The molecule has 0 saturated heterocycles. The van der Waals surface area contributed by atoms with Crippen LogP contribution in [0.4, 0.5) is 5.82 Å². The van der Waals surface area contributed by atoms with E-state index >= 15 is 0 Å². The Kier molecular flexibility index (Phi) is 15.2. The van der Waals surface area contributed by atoms with Gasteiger partial charge in [-0.1, -0.05) is 23.2 Å². The first-order chi connectivity index (χ1) is 12.1. The van der Waals surface area contributed by atoms with Crippen LogP contribution in [0.15, 0.2) is 17.3 Å². The van der Waals surface area contributed by atoms with Crippen molar-refractivity contribution in [2.75, 3.05) is 65.9 Å². The lowest BCUT2D eigenvalue weighted by molar-refractivity contribution is 0.180. The number of pyridine rings is 1. The molecule has 0 unspecified atom stereocenters. The number of nitrogens with one attached hydrogen (secondary N) is 3. The van der Waals surface area contributed by atoms with E-state index in [9.17, 15) is 0 Å². The van der Waals surface area contributed by atoms with E-state index in [2.05, 4.69) is 37.9 Å². The fourth-order valence-electron chi connectivity index (χ4n) is 2.08. The number of anilines is 1. The normalized spacial score (nSPS) is 11.2. The van der Waals surface area contributed by atoms with Gasteiger partial charge in [0.25, 0.3) is 0 Å². The molecule has 0 aliphatic heterocycles. The molecule has 0 amide bonds. The van der Waals surface area contributed by atoms with Crippen LogP contribution >= 0.6 is 47.2 Å². The van der Waals surface area contributed by atoms with Gasteiger partial charge in [0, 0.05) is 59.7 Å². The molecule has 0 aliphatic carbocycles. The molecule has 0 bridgehead atoms. The number of rotatable bonds is 11. The van der Waals surface area contributed by atoms with Crippen molar-refractivity contribution in [2.24, 2.45) is 4.99 Å². The predicted octanol–water partition coefficient (Wildman–Crippen LogP) is 2.55. The fourth-order valence-corrected chi connectivity index (χ4v) is 2.53. The highest BCUT2D eigenvalue weighted by Gasteiger charge is 2.03. The molecule has 0 aliphatic rings. The van der Waals surface area contributed by atoms with Crippen molar-refractivity contribution >= 4 is 59.0 Å². The van der Waals surface area contributed by atoms with E-state index in [0.29, 0.717) is 29.0 Å². The lowest BCUT2D eigenvalue weighted by atomic mass is 10.4. The molecule has 150 valence electrons. The van der Waals surface area contributed by atoms with E-state index in [1.165, 1.54) is 0 Å². The van der Waals surface area contributed by atoms with Gasteiger partial charge in [0.05, 0.1) is 10.0 Å². The Balaban J connectivity index is 0.00000625. The smallest absolute Gasteiger partial charge is 0.191 e. The van der Waals surface area contributed by atoms with Crippen LogP contribution in [-0.2, 0) is 4.74 Å². The number of methoxy groups -OCH3 is 1. The second-order valence-corrected chi connectivity index (χ2v) is 6.33. The van der Waals surface area contributed by atoms with Gasteiger partial charge in [-0.3, -0.25) is 4.99 Å². The zero-order chi connectivity index (χ0) is 18.5. The van der Waals surface area contributed by atoms with Gasteiger partial charge >= 0.3 is 0 Å². The number of likely N-dealkylation sites (N-methyl/N-ethyl adjacent to an activating group) is 1. The van der Waals surface area contributed by atoms with Crippen LogP contribution in [0, 0.1) is 0 Å². The van der Waals surface area contributed by atoms with Crippen LogP contribution in [-0.4, -0.2) is 76.4 Å². The third kappa shape index (κ3) is 11.2. The molecule has 7 nitrogen and oxygen atoms in total. The molecule has 1 rings (SSSR count). The monoisotopic (exact) mass is 518 g/mol. The largest absolute Gasteiger partial charge is 0.385 e. The van der Waals surface area contributed by atoms with Gasteiger partial charge in [-0.15, -0.1) is 24.0 Å². The highest BCUT2D eigenvalue weighted by atomic mass is 127. The molecular weight excluding hydrogens is 490 g/mol. The number of hydrogen-bond donors (Lipinski definition) is 3. The van der Waals surface area contributed by atoms with Crippen molar-refractivity contribution in [2.45, 2.75) is 6.42 Å². The Labute approximate surface area is 183 Å². The molecule has 0 spiro atoms. The van der Waals surface area contributed by atoms with Gasteiger partial charge in [-0.2, -0.15) is 0 Å². The fraction of sp³-hybridized carbons (Fsp3) is 0.625. The summed E-state index contributed by atoms with van der Waals surface area (Å²) in [5.74, 6) is 1.38. The lowest BCUT2D eigenvalue weighted by Crippen LogP contribution is -2.42. The Morgan fingerprint density at radius 1 is 1.23 bits per heavy atom. The van der Waals surface area contributed by atoms with Crippen LogP contribution in [0.5, 0.6) is 0 Å². The van der Waals surface area contributed by atoms with Crippen LogP contribution in [0.1, 0.15) is 6.42 Å². The minimum Gasteiger partial charge on any atom is -0.385 e. The average molecular weight is 519 g/mol. The van der Waals surface area contributed by atoms with Gasteiger partial charge in [0.1, 0.15) is 5.82 Å². The number of guanidine groups is 1. The summed E-state index contributed by atoms with van der Waals surface area (Å²) in [5, 5.41) is 10.7. The molecule has 0 radical (unpaired) electrons. The maximum absolute atomic E-state index is 6.06. The van der Waals surface area contributed by atoms with E-state index in [1.54, 1.807) is 26.4 Å². The molecule has 0 atom stereocenters. The van der Waals surface area contributed by atoms with E-state index in [0.717, 1.165) is 38.6 Å². The standard InChI is InChI=1S/C16H28Cl2N6O.HI/c1-19-16(22-7-9-24(2)8-4-10-25-3)21-6-5-20-15-14(18)11-13(17)12-23-15;/h11-12H,4-10H2,1-3H3,(H,20,23)(H2,19,21,22);1H. The number of hydrogen-bond acceptors (Lipinski definition) is 5. The summed E-state index contributed by atoms with van der Waals surface area (Å²) in [4.78, 5) is 10.6. The van der Waals surface area contributed by atoms with Gasteiger partial charge < -0.3 is 25.6 Å². The Morgan fingerprint density at radius 3 is 2.62 bits per heavy atom. The highest BCUT2D eigenvalue weighted by Crippen LogP contribution is 2.21. The van der Waals surface area contributed by atoms with Gasteiger partial charge in [-0.25, -0.2) is 4.98 Å². The minimum atomic E-state index is 0. The zero-order valence-electron chi connectivity index (χ0n) is 15.5. The van der Waals surface area contributed by atoms with Crippen molar-refractivity contribution in [3.05, 3.63) is 22.3 Å². The second-order valence-electron chi connectivity index (χ2n) is 5.49. The van der Waals surface area contributed by atoms with Gasteiger partial charge in [0.2, 0.25) is 0 Å². The maximum atomic E-state index is 6.06. The van der Waals surface area contributed by atoms with E-state index in [-0.39, 0.29) is 24.0 Å². The van der Waals surface area contributed by atoms with Crippen LogP contribution in [0.2, 0.25) is 10.0 Å². The van der Waals surface area contributed by atoms with Crippen molar-refractivity contribution < 1.29 is 4.74 Å². The minimum absolute atomic E-state index is 0. The van der Waals surface area contributed by atoms with Crippen molar-refractivity contribution in [3.8, 4) is 0 Å². The molecule has 0 fully saturated rings. The molecule has 10 heteroatoms. The molecular formula is C16H29Cl2IN6O. The van der Waals surface area contributed by atoms with Crippen molar-refractivity contribution in [1.82, 2.24) is 20.5 Å². The topological polar surface area (TPSA) is 73.8 Å². The summed E-state index contributed by atoms with van der Waals surface area (Å²) < 4.78 is 5.06. The summed E-state index contributed by atoms with van der Waals surface area (Å²) in [5.41, 5.74) is 0. The summed E-state index contributed by atoms with van der Waals surface area (Å²) in [6.45, 7) is 4.91. The molecule has 0 saturated carbocycles. The van der Waals surface area contributed by atoms with Crippen molar-refractivity contribution in [3.63, 3.8) is 0 Å². The number of aromatic nitrogens is 1. The molecule has 0 aromatic carbocycles. The highest BCUT2D eigenvalue weighted by molar-refractivity contribution is 14.0. The molecule has 1 aromatic rings. The van der Waals surface area contributed by atoms with Crippen LogP contribution < -0.4 is 16.0 Å².